The van der Waals surface area contributed by atoms with Gasteiger partial charge in [-0.15, -0.1) is 0 Å². The molecule has 0 aromatic heterocycles. The van der Waals surface area contributed by atoms with E-state index in [1.807, 2.05) is 0 Å². The summed E-state index contributed by atoms with van der Waals surface area (Å²) in [5.41, 5.74) is 0. The first-order chi connectivity index (χ1) is 5.63. The van der Waals surface area contributed by atoms with Crippen molar-refractivity contribution < 1.29 is 19.8 Å². The van der Waals surface area contributed by atoms with Gasteiger partial charge in [0, 0.05) is 18.8 Å². The summed E-state index contributed by atoms with van der Waals surface area (Å²) in [7, 11) is 0. The average Bonchev–Trinajstić information content (AvgIpc) is 2.01. The van der Waals surface area contributed by atoms with Crippen LogP contribution in [0.25, 0.3) is 0 Å². The summed E-state index contributed by atoms with van der Waals surface area (Å²) in [6.07, 6.45) is -0.763. The molecule has 1 aliphatic rings. The van der Waals surface area contributed by atoms with E-state index in [4.69, 9.17) is 10.2 Å². The number of nitrogens with one attached hydrogen (secondary N) is 1. The minimum absolute atomic E-state index is 0.105. The zero-order valence-corrected chi connectivity index (χ0v) is 6.49. The SMILES string of the molecule is O=C1CC(C(O)CO)CC(=O)N1. The Morgan fingerprint density at radius 3 is 2.33 bits per heavy atom. The molecule has 1 fully saturated rings. The van der Waals surface area contributed by atoms with Crippen LogP contribution in [0.4, 0.5) is 0 Å². The Hall–Kier alpha value is -0.940. The van der Waals surface area contributed by atoms with E-state index in [2.05, 4.69) is 5.32 Å². The van der Waals surface area contributed by atoms with Gasteiger partial charge in [-0.1, -0.05) is 0 Å². The molecule has 68 valence electrons. The van der Waals surface area contributed by atoms with E-state index < -0.39 is 18.6 Å². The fourth-order valence-corrected chi connectivity index (χ4v) is 1.23. The lowest BCUT2D eigenvalue weighted by Crippen LogP contribution is -2.43. The molecule has 0 aromatic rings. The number of piperidine rings is 1. The van der Waals surface area contributed by atoms with Crippen molar-refractivity contribution in [1.82, 2.24) is 5.32 Å². The van der Waals surface area contributed by atoms with Crippen molar-refractivity contribution >= 4 is 11.8 Å². The fraction of sp³-hybridized carbons (Fsp3) is 0.714. The van der Waals surface area contributed by atoms with Crippen LogP contribution in [0.15, 0.2) is 0 Å². The highest BCUT2D eigenvalue weighted by Crippen LogP contribution is 2.17. The molecule has 2 amide bonds. The molecule has 0 spiro atoms. The molecule has 1 aliphatic heterocycles. The van der Waals surface area contributed by atoms with Crippen LogP contribution in [0.2, 0.25) is 0 Å². The number of carbonyl (C=O) groups excluding carboxylic acids is 2. The highest BCUT2D eigenvalue weighted by Gasteiger charge is 2.29. The number of rotatable bonds is 2. The van der Waals surface area contributed by atoms with E-state index in [1.165, 1.54) is 0 Å². The highest BCUT2D eigenvalue weighted by atomic mass is 16.3. The van der Waals surface area contributed by atoms with Crippen molar-refractivity contribution in [1.29, 1.82) is 0 Å². The third-order valence-corrected chi connectivity index (χ3v) is 1.91. The number of aliphatic hydroxyl groups excluding tert-OH is 2. The molecule has 0 aromatic carbocycles. The molecule has 1 atom stereocenters. The van der Waals surface area contributed by atoms with Crippen LogP contribution in [0.3, 0.4) is 0 Å². The van der Waals surface area contributed by atoms with Crippen molar-refractivity contribution in [3.63, 3.8) is 0 Å². The second-order valence-corrected chi connectivity index (χ2v) is 2.89. The quantitative estimate of drug-likeness (QED) is 0.438. The maximum atomic E-state index is 10.8. The Bertz CT molecular complexity index is 188. The van der Waals surface area contributed by atoms with Gasteiger partial charge in [0.25, 0.3) is 0 Å². The fourth-order valence-electron chi connectivity index (χ4n) is 1.23. The monoisotopic (exact) mass is 173 g/mol. The molecule has 0 bridgehead atoms. The number of hydrogen-bond donors (Lipinski definition) is 3. The zero-order chi connectivity index (χ0) is 9.14. The summed E-state index contributed by atoms with van der Waals surface area (Å²) in [6.45, 7) is -0.411. The van der Waals surface area contributed by atoms with Crippen LogP contribution in [-0.2, 0) is 9.59 Å². The molecular formula is C7H11NO4. The van der Waals surface area contributed by atoms with Gasteiger partial charge >= 0.3 is 0 Å². The summed E-state index contributed by atoms with van der Waals surface area (Å²) in [4.78, 5) is 21.6. The molecular weight excluding hydrogens is 162 g/mol. The molecule has 5 heteroatoms. The lowest BCUT2D eigenvalue weighted by Gasteiger charge is -2.23. The number of imide groups is 1. The maximum Gasteiger partial charge on any atom is 0.226 e. The summed E-state index contributed by atoms with van der Waals surface area (Å²) in [5, 5.41) is 19.8. The second-order valence-electron chi connectivity index (χ2n) is 2.89. The van der Waals surface area contributed by atoms with Crippen LogP contribution in [0, 0.1) is 5.92 Å². The van der Waals surface area contributed by atoms with Crippen LogP contribution < -0.4 is 5.32 Å². The third-order valence-electron chi connectivity index (χ3n) is 1.91. The minimum Gasteiger partial charge on any atom is -0.394 e. The van der Waals surface area contributed by atoms with Crippen LogP contribution in [-0.4, -0.2) is 34.7 Å². The first-order valence-corrected chi connectivity index (χ1v) is 3.75. The Balaban J connectivity index is 2.55. The third kappa shape index (κ3) is 2.02. The molecule has 0 aliphatic carbocycles. The van der Waals surface area contributed by atoms with Crippen molar-refractivity contribution in [3.8, 4) is 0 Å². The van der Waals surface area contributed by atoms with E-state index in [1.54, 1.807) is 0 Å². The van der Waals surface area contributed by atoms with E-state index in [-0.39, 0.29) is 24.7 Å². The molecule has 3 N–H and O–H groups in total. The lowest BCUT2D eigenvalue weighted by atomic mass is 9.92. The normalized spacial score (nSPS) is 22.2. The average molecular weight is 173 g/mol. The van der Waals surface area contributed by atoms with Gasteiger partial charge in [0.1, 0.15) is 0 Å². The van der Waals surface area contributed by atoms with Crippen molar-refractivity contribution in [2.45, 2.75) is 18.9 Å². The topological polar surface area (TPSA) is 86.6 Å². The molecule has 1 heterocycles. The van der Waals surface area contributed by atoms with Crippen molar-refractivity contribution in [2.75, 3.05) is 6.61 Å². The second kappa shape index (κ2) is 3.64. The van der Waals surface area contributed by atoms with Crippen molar-refractivity contribution in [3.05, 3.63) is 0 Å². The standard InChI is InChI=1S/C7H11NO4/c9-3-5(10)4-1-6(11)8-7(12)2-4/h4-5,9-10H,1-3H2,(H,8,11,12). The minimum atomic E-state index is -0.972. The van der Waals surface area contributed by atoms with Crippen LogP contribution in [0.5, 0.6) is 0 Å². The summed E-state index contributed by atoms with van der Waals surface area (Å²) in [5.74, 6) is -1.20. The number of amides is 2. The molecule has 1 unspecified atom stereocenters. The first kappa shape index (κ1) is 9.15. The smallest absolute Gasteiger partial charge is 0.226 e. The van der Waals surface area contributed by atoms with Gasteiger partial charge in [0.05, 0.1) is 12.7 Å². The van der Waals surface area contributed by atoms with Gasteiger partial charge in [0.15, 0.2) is 0 Å². The number of aliphatic hydroxyl groups is 2. The summed E-state index contributed by atoms with van der Waals surface area (Å²) >= 11 is 0. The van der Waals surface area contributed by atoms with Crippen LogP contribution in [0.1, 0.15) is 12.8 Å². The predicted octanol–water partition coefficient (Wildman–Crippen LogP) is -1.61. The van der Waals surface area contributed by atoms with E-state index in [9.17, 15) is 9.59 Å². The van der Waals surface area contributed by atoms with Gasteiger partial charge in [-0.3, -0.25) is 14.9 Å². The predicted molar refractivity (Wildman–Crippen MR) is 39.0 cm³/mol. The van der Waals surface area contributed by atoms with E-state index >= 15 is 0 Å². The van der Waals surface area contributed by atoms with Gasteiger partial charge in [-0.2, -0.15) is 0 Å². The number of hydrogen-bond acceptors (Lipinski definition) is 4. The maximum absolute atomic E-state index is 10.8. The molecule has 12 heavy (non-hydrogen) atoms. The summed E-state index contributed by atoms with van der Waals surface area (Å²) < 4.78 is 0. The van der Waals surface area contributed by atoms with Gasteiger partial charge in [-0.05, 0) is 0 Å². The molecule has 0 saturated carbocycles. The largest absolute Gasteiger partial charge is 0.394 e. The van der Waals surface area contributed by atoms with Gasteiger partial charge in [-0.25, -0.2) is 0 Å². The Morgan fingerprint density at radius 2 is 1.92 bits per heavy atom. The van der Waals surface area contributed by atoms with Gasteiger partial charge < -0.3 is 10.2 Å². The van der Waals surface area contributed by atoms with Crippen LogP contribution >= 0.6 is 0 Å². The molecule has 1 rings (SSSR count). The zero-order valence-electron chi connectivity index (χ0n) is 6.49. The number of carbonyl (C=O) groups is 2. The lowest BCUT2D eigenvalue weighted by molar-refractivity contribution is -0.137. The summed E-state index contributed by atoms with van der Waals surface area (Å²) in [6, 6.07) is 0. The Labute approximate surface area is 69.4 Å². The van der Waals surface area contributed by atoms with Crippen molar-refractivity contribution in [2.24, 2.45) is 5.92 Å². The molecule has 0 radical (unpaired) electrons. The van der Waals surface area contributed by atoms with E-state index in [0.717, 1.165) is 0 Å². The van der Waals surface area contributed by atoms with E-state index in [0.29, 0.717) is 0 Å². The highest BCUT2D eigenvalue weighted by molar-refractivity contribution is 5.97. The molecule has 5 nitrogen and oxygen atoms in total. The Morgan fingerprint density at radius 1 is 1.42 bits per heavy atom. The molecule has 1 saturated heterocycles. The van der Waals surface area contributed by atoms with Gasteiger partial charge in [0.2, 0.25) is 11.8 Å². The first-order valence-electron chi connectivity index (χ1n) is 3.75. The Kier molecular flexibility index (Phi) is 2.78.